The van der Waals surface area contributed by atoms with Gasteiger partial charge in [-0.15, -0.1) is 0 Å². The Labute approximate surface area is 309 Å². The Morgan fingerprint density at radius 3 is 2.26 bits per heavy atom. The van der Waals surface area contributed by atoms with Crippen molar-refractivity contribution in [3.63, 3.8) is 0 Å². The Hall–Kier alpha value is -5.18. The van der Waals surface area contributed by atoms with Crippen molar-refractivity contribution in [1.82, 2.24) is 36.2 Å². The molecule has 0 spiro atoms. The van der Waals surface area contributed by atoms with E-state index in [-0.39, 0.29) is 31.8 Å². The van der Waals surface area contributed by atoms with E-state index in [2.05, 4.69) is 36.2 Å². The largest absolute Gasteiger partial charge is 0.394 e. The summed E-state index contributed by atoms with van der Waals surface area (Å²) in [5, 5.41) is 34.2. The van der Waals surface area contributed by atoms with Crippen LogP contribution in [0.5, 0.6) is 0 Å². The number of aromatic nitrogens is 3. The van der Waals surface area contributed by atoms with Crippen LogP contribution in [0.15, 0.2) is 79.5 Å². The van der Waals surface area contributed by atoms with Gasteiger partial charge in [0.25, 0.3) is 5.91 Å². The number of aromatic amines is 1. The number of aliphatic hydroxyl groups is 2. The highest BCUT2D eigenvalue weighted by atomic mass is 16.3. The average Bonchev–Trinajstić information content (AvgIpc) is 3.67. The highest BCUT2D eigenvalue weighted by molar-refractivity contribution is 5.99. The molecule has 0 fully saturated rings. The van der Waals surface area contributed by atoms with Gasteiger partial charge in [-0.3, -0.25) is 24.2 Å². The topological polar surface area (TPSA) is 224 Å². The molecule has 284 valence electrons. The summed E-state index contributed by atoms with van der Waals surface area (Å²) in [4.78, 5) is 65.5. The second-order valence-electron chi connectivity index (χ2n) is 13.7. The number of nitrogens with one attached hydrogen (secondary N) is 5. The molecule has 0 aliphatic carbocycles. The normalized spacial score (nSPS) is 14.2. The van der Waals surface area contributed by atoms with E-state index >= 15 is 0 Å². The van der Waals surface area contributed by atoms with E-state index in [1.54, 1.807) is 18.3 Å². The number of fused-ring (bicyclic) bond motifs is 1. The van der Waals surface area contributed by atoms with Gasteiger partial charge in [-0.2, -0.15) is 0 Å². The summed E-state index contributed by atoms with van der Waals surface area (Å²) in [5.74, 6) is -2.09. The maximum Gasteiger partial charge on any atom is 0.252 e. The van der Waals surface area contributed by atoms with Crippen molar-refractivity contribution >= 4 is 34.4 Å². The van der Waals surface area contributed by atoms with Crippen LogP contribution in [0, 0.1) is 5.92 Å². The van der Waals surface area contributed by atoms with Gasteiger partial charge in [0.1, 0.15) is 12.1 Å². The molecule has 0 unspecified atom stereocenters. The van der Waals surface area contributed by atoms with Crippen molar-refractivity contribution in [3.05, 3.63) is 96.3 Å². The lowest BCUT2D eigenvalue weighted by molar-refractivity contribution is -0.131. The first-order chi connectivity index (χ1) is 25.6. The number of aliphatic hydroxyl groups excluding tert-OH is 2. The molecule has 5 atom stereocenters. The molecule has 9 N–H and O–H groups in total. The summed E-state index contributed by atoms with van der Waals surface area (Å²) in [7, 11) is 0. The monoisotopic (exact) mass is 728 g/mol. The Kier molecular flexibility index (Phi) is 15.9. The smallest absolute Gasteiger partial charge is 0.252 e. The van der Waals surface area contributed by atoms with Crippen molar-refractivity contribution in [1.29, 1.82) is 0 Å². The van der Waals surface area contributed by atoms with Crippen LogP contribution in [-0.2, 0) is 27.2 Å². The van der Waals surface area contributed by atoms with Gasteiger partial charge in [-0.05, 0) is 60.2 Å². The van der Waals surface area contributed by atoms with Gasteiger partial charge < -0.3 is 42.2 Å². The SMILES string of the molecule is CC(C)C[C@H](NC(=O)[C@H](Cc1cnc[nH]1)NC(=O)[C@H](Cc1cccc2ccccc12)NC(=O)c1ccncc1)[C@@H](O)CC(=O)N[C@H](CO)CCCCN. The second kappa shape index (κ2) is 20.8. The van der Waals surface area contributed by atoms with Crippen LogP contribution in [0.25, 0.3) is 10.8 Å². The summed E-state index contributed by atoms with van der Waals surface area (Å²) in [5.41, 5.74) is 7.28. The lowest BCUT2D eigenvalue weighted by Crippen LogP contribution is -2.57. The quantitative estimate of drug-likeness (QED) is 0.0586. The predicted octanol–water partition coefficient (Wildman–Crippen LogP) is 1.91. The summed E-state index contributed by atoms with van der Waals surface area (Å²) >= 11 is 0. The molecule has 0 saturated carbocycles. The zero-order chi connectivity index (χ0) is 38.2. The lowest BCUT2D eigenvalue weighted by Gasteiger charge is -2.29. The first-order valence-corrected chi connectivity index (χ1v) is 18.1. The molecule has 14 heteroatoms. The molecule has 0 radical (unpaired) electrons. The van der Waals surface area contributed by atoms with Crippen molar-refractivity contribution < 1.29 is 29.4 Å². The number of rotatable bonds is 21. The fourth-order valence-electron chi connectivity index (χ4n) is 6.21. The van der Waals surface area contributed by atoms with E-state index in [9.17, 15) is 29.4 Å². The predicted molar refractivity (Wildman–Crippen MR) is 201 cm³/mol. The van der Waals surface area contributed by atoms with E-state index in [1.807, 2.05) is 56.3 Å². The van der Waals surface area contributed by atoms with Gasteiger partial charge in [0.2, 0.25) is 17.7 Å². The number of carbonyl (C=O) groups is 4. The summed E-state index contributed by atoms with van der Waals surface area (Å²) in [6.07, 6.45) is 6.95. The Bertz CT molecular complexity index is 1750. The van der Waals surface area contributed by atoms with Crippen LogP contribution < -0.4 is 27.0 Å². The fourth-order valence-corrected chi connectivity index (χ4v) is 6.21. The Morgan fingerprint density at radius 2 is 1.57 bits per heavy atom. The van der Waals surface area contributed by atoms with Crippen LogP contribution in [0.4, 0.5) is 0 Å². The summed E-state index contributed by atoms with van der Waals surface area (Å²) in [6.45, 7) is 4.11. The third-order valence-corrected chi connectivity index (χ3v) is 8.98. The molecule has 0 aliphatic heterocycles. The molecule has 14 nitrogen and oxygen atoms in total. The first-order valence-electron chi connectivity index (χ1n) is 18.1. The number of pyridine rings is 1. The number of hydrogen-bond acceptors (Lipinski definition) is 9. The lowest BCUT2D eigenvalue weighted by atomic mass is 9.96. The molecule has 0 saturated heterocycles. The molecule has 53 heavy (non-hydrogen) atoms. The molecule has 0 bridgehead atoms. The summed E-state index contributed by atoms with van der Waals surface area (Å²) in [6, 6.07) is 13.0. The number of nitrogens with zero attached hydrogens (tertiary/aromatic N) is 2. The first kappa shape index (κ1) is 40.6. The molecular formula is C39H52N8O6. The third-order valence-electron chi connectivity index (χ3n) is 8.98. The second-order valence-corrected chi connectivity index (χ2v) is 13.7. The zero-order valence-corrected chi connectivity index (χ0v) is 30.3. The molecular weight excluding hydrogens is 676 g/mol. The van der Waals surface area contributed by atoms with E-state index in [1.165, 1.54) is 18.7 Å². The minimum Gasteiger partial charge on any atom is -0.394 e. The van der Waals surface area contributed by atoms with Gasteiger partial charge in [0.15, 0.2) is 0 Å². The number of carbonyl (C=O) groups excluding carboxylic acids is 4. The highest BCUT2D eigenvalue weighted by Crippen LogP contribution is 2.20. The van der Waals surface area contributed by atoms with E-state index in [0.29, 0.717) is 30.6 Å². The van der Waals surface area contributed by atoms with E-state index in [4.69, 9.17) is 5.73 Å². The van der Waals surface area contributed by atoms with Gasteiger partial charge in [0.05, 0.1) is 37.5 Å². The van der Waals surface area contributed by atoms with Crippen LogP contribution in [0.2, 0.25) is 0 Å². The van der Waals surface area contributed by atoms with Gasteiger partial charge in [-0.1, -0.05) is 62.7 Å². The number of imidazole rings is 1. The zero-order valence-electron chi connectivity index (χ0n) is 30.3. The number of nitrogens with two attached hydrogens (primary N) is 1. The maximum atomic E-state index is 14.2. The molecule has 2 aromatic carbocycles. The van der Waals surface area contributed by atoms with Crippen LogP contribution in [-0.4, -0.2) is 92.2 Å². The third kappa shape index (κ3) is 12.8. The average molecular weight is 729 g/mol. The van der Waals surface area contributed by atoms with Crippen LogP contribution in [0.3, 0.4) is 0 Å². The minimum absolute atomic E-state index is 0.0306. The van der Waals surface area contributed by atoms with E-state index < -0.39 is 53.9 Å². The molecule has 2 aromatic heterocycles. The molecule has 4 aromatic rings. The number of amides is 4. The molecule has 2 heterocycles. The number of benzene rings is 2. The van der Waals surface area contributed by atoms with Gasteiger partial charge in [-0.25, -0.2) is 4.98 Å². The molecule has 0 aliphatic rings. The fraction of sp³-hybridized carbons (Fsp3) is 0.436. The van der Waals surface area contributed by atoms with Crippen LogP contribution >= 0.6 is 0 Å². The highest BCUT2D eigenvalue weighted by Gasteiger charge is 2.32. The van der Waals surface area contributed by atoms with Crippen molar-refractivity contribution in [2.24, 2.45) is 11.7 Å². The van der Waals surface area contributed by atoms with Crippen molar-refractivity contribution in [2.75, 3.05) is 13.2 Å². The van der Waals surface area contributed by atoms with Gasteiger partial charge in [0, 0.05) is 42.7 Å². The Balaban J connectivity index is 1.55. The standard InChI is InChI=1S/C39H52N8O6/c1-25(2)18-32(35(49)21-36(50)44-29(23-48)11-5-6-15-40)45-39(53)34(20-30-22-42-24-43-30)47-38(52)33(46-37(51)27-13-16-41-17-14-27)19-28-10-7-9-26-8-3-4-12-31(26)28/h3-4,7-10,12-14,16-17,22,24-25,29,32-35,48-49H,5-6,11,15,18-21,23,40H2,1-2H3,(H,42,43)(H,44,50)(H,45,53)(H,46,51)(H,47,52)/t29-,32-,33-,34-,35-/m0/s1. The maximum absolute atomic E-state index is 14.2. The molecule has 4 rings (SSSR count). The molecule has 4 amide bonds. The van der Waals surface area contributed by atoms with Crippen molar-refractivity contribution in [3.8, 4) is 0 Å². The number of unbranched alkanes of at least 4 members (excludes halogenated alkanes) is 1. The minimum atomic E-state index is -1.26. The Morgan fingerprint density at radius 1 is 0.849 bits per heavy atom. The van der Waals surface area contributed by atoms with Gasteiger partial charge >= 0.3 is 0 Å². The number of hydrogen-bond donors (Lipinski definition) is 8. The summed E-state index contributed by atoms with van der Waals surface area (Å²) < 4.78 is 0. The van der Waals surface area contributed by atoms with Crippen LogP contribution in [0.1, 0.15) is 67.6 Å². The van der Waals surface area contributed by atoms with Crippen molar-refractivity contribution in [2.45, 2.75) is 89.1 Å². The van der Waals surface area contributed by atoms with E-state index in [0.717, 1.165) is 29.2 Å². The number of H-pyrrole nitrogens is 1.